The Morgan fingerprint density at radius 3 is 2.75 bits per heavy atom. The maximum Gasteiger partial charge on any atom is 0.317 e. The summed E-state index contributed by atoms with van der Waals surface area (Å²) in [5.74, 6) is 0. The van der Waals surface area contributed by atoms with Gasteiger partial charge in [-0.2, -0.15) is 0 Å². The number of amides is 2. The first-order valence-electron chi connectivity index (χ1n) is 7.38. The number of benzene rings is 1. The SMILES string of the molecule is CC(C)NC(=O)N1CCCC1CC(O)c1ccccc1. The number of aliphatic hydroxyl groups excluding tert-OH is 1. The molecule has 4 heteroatoms. The van der Waals surface area contributed by atoms with Gasteiger partial charge in [-0.25, -0.2) is 4.79 Å². The zero-order valence-electron chi connectivity index (χ0n) is 12.2. The van der Waals surface area contributed by atoms with Crippen molar-refractivity contribution in [2.24, 2.45) is 0 Å². The molecule has 1 aliphatic rings. The number of rotatable bonds is 4. The first-order chi connectivity index (χ1) is 9.58. The molecule has 2 unspecified atom stereocenters. The Kier molecular flexibility index (Phi) is 5.01. The highest BCUT2D eigenvalue weighted by atomic mass is 16.3. The van der Waals surface area contributed by atoms with Gasteiger partial charge in [0.2, 0.25) is 0 Å². The highest BCUT2D eigenvalue weighted by molar-refractivity contribution is 5.75. The topological polar surface area (TPSA) is 52.6 Å². The van der Waals surface area contributed by atoms with Crippen molar-refractivity contribution in [2.75, 3.05) is 6.54 Å². The van der Waals surface area contributed by atoms with E-state index in [0.717, 1.165) is 24.9 Å². The fraction of sp³-hybridized carbons (Fsp3) is 0.562. The average Bonchev–Trinajstić information content (AvgIpc) is 2.87. The quantitative estimate of drug-likeness (QED) is 0.888. The molecule has 1 saturated heterocycles. The molecule has 0 aromatic heterocycles. The predicted octanol–water partition coefficient (Wildman–Crippen LogP) is 2.69. The third kappa shape index (κ3) is 3.73. The lowest BCUT2D eigenvalue weighted by atomic mass is 10.0. The molecule has 1 fully saturated rings. The molecule has 110 valence electrons. The monoisotopic (exact) mass is 276 g/mol. The van der Waals surface area contributed by atoms with Gasteiger partial charge in [0.25, 0.3) is 0 Å². The second kappa shape index (κ2) is 6.75. The van der Waals surface area contributed by atoms with Crippen molar-refractivity contribution >= 4 is 6.03 Å². The van der Waals surface area contributed by atoms with Gasteiger partial charge in [-0.15, -0.1) is 0 Å². The number of aliphatic hydroxyl groups is 1. The smallest absolute Gasteiger partial charge is 0.317 e. The van der Waals surface area contributed by atoms with Gasteiger partial charge in [-0.1, -0.05) is 30.3 Å². The van der Waals surface area contributed by atoms with Gasteiger partial charge in [-0.3, -0.25) is 0 Å². The summed E-state index contributed by atoms with van der Waals surface area (Å²) in [7, 11) is 0. The highest BCUT2D eigenvalue weighted by Gasteiger charge is 2.30. The van der Waals surface area contributed by atoms with Gasteiger partial charge in [0.1, 0.15) is 0 Å². The predicted molar refractivity (Wildman–Crippen MR) is 79.4 cm³/mol. The minimum Gasteiger partial charge on any atom is -0.388 e. The van der Waals surface area contributed by atoms with Crippen molar-refractivity contribution in [3.8, 4) is 0 Å². The molecule has 20 heavy (non-hydrogen) atoms. The van der Waals surface area contributed by atoms with Gasteiger partial charge < -0.3 is 15.3 Å². The zero-order valence-corrected chi connectivity index (χ0v) is 12.2. The molecule has 1 aliphatic heterocycles. The normalized spacial score (nSPS) is 20.2. The minimum atomic E-state index is -0.506. The highest BCUT2D eigenvalue weighted by Crippen LogP contribution is 2.27. The number of carbonyl (C=O) groups is 1. The van der Waals surface area contributed by atoms with Gasteiger partial charge in [0.15, 0.2) is 0 Å². The van der Waals surface area contributed by atoms with E-state index in [1.54, 1.807) is 0 Å². The van der Waals surface area contributed by atoms with E-state index >= 15 is 0 Å². The standard InChI is InChI=1S/C16H24N2O2/c1-12(2)17-16(20)18-10-6-9-14(18)11-15(19)13-7-4-3-5-8-13/h3-5,7-8,12,14-15,19H,6,9-11H2,1-2H3,(H,17,20). The summed E-state index contributed by atoms with van der Waals surface area (Å²) in [5.41, 5.74) is 0.920. The summed E-state index contributed by atoms with van der Waals surface area (Å²) in [4.78, 5) is 14.0. The maximum atomic E-state index is 12.1. The summed E-state index contributed by atoms with van der Waals surface area (Å²) in [5, 5.41) is 13.2. The van der Waals surface area contributed by atoms with Crippen LogP contribution in [0.1, 0.15) is 44.8 Å². The van der Waals surface area contributed by atoms with E-state index in [0.29, 0.717) is 6.42 Å². The lowest BCUT2D eigenvalue weighted by molar-refractivity contribution is 0.125. The fourth-order valence-electron chi connectivity index (χ4n) is 2.75. The molecule has 2 N–H and O–H groups in total. The van der Waals surface area contributed by atoms with E-state index in [1.165, 1.54) is 0 Å². The number of likely N-dealkylation sites (tertiary alicyclic amines) is 1. The number of urea groups is 1. The van der Waals surface area contributed by atoms with Gasteiger partial charge >= 0.3 is 6.03 Å². The average molecular weight is 276 g/mol. The Morgan fingerprint density at radius 1 is 1.40 bits per heavy atom. The molecule has 0 bridgehead atoms. The van der Waals surface area contributed by atoms with Crippen molar-refractivity contribution in [2.45, 2.75) is 51.3 Å². The molecule has 0 spiro atoms. The number of nitrogens with one attached hydrogen (secondary N) is 1. The number of hydrogen-bond donors (Lipinski definition) is 2. The number of hydrogen-bond acceptors (Lipinski definition) is 2. The van der Waals surface area contributed by atoms with E-state index in [-0.39, 0.29) is 18.1 Å². The van der Waals surface area contributed by atoms with Crippen LogP contribution in [0.4, 0.5) is 4.79 Å². The molecule has 0 aliphatic carbocycles. The van der Waals surface area contributed by atoms with Crippen LogP contribution >= 0.6 is 0 Å². The van der Waals surface area contributed by atoms with E-state index < -0.39 is 6.10 Å². The summed E-state index contributed by atoms with van der Waals surface area (Å²) >= 11 is 0. The van der Waals surface area contributed by atoms with Crippen LogP contribution in [-0.2, 0) is 0 Å². The van der Waals surface area contributed by atoms with Crippen LogP contribution < -0.4 is 5.32 Å². The lowest BCUT2D eigenvalue weighted by Gasteiger charge is -2.27. The molecule has 0 saturated carbocycles. The first-order valence-corrected chi connectivity index (χ1v) is 7.38. The number of nitrogens with zero attached hydrogens (tertiary/aromatic N) is 1. The summed E-state index contributed by atoms with van der Waals surface area (Å²) in [6.45, 7) is 4.70. The van der Waals surface area contributed by atoms with E-state index in [9.17, 15) is 9.90 Å². The number of carbonyl (C=O) groups excluding carboxylic acids is 1. The Bertz CT molecular complexity index is 433. The van der Waals surface area contributed by atoms with Crippen LogP contribution in [0.25, 0.3) is 0 Å². The van der Waals surface area contributed by atoms with Crippen LogP contribution in [0.2, 0.25) is 0 Å². The van der Waals surface area contributed by atoms with Crippen LogP contribution in [0.3, 0.4) is 0 Å². The molecule has 1 aromatic carbocycles. The lowest BCUT2D eigenvalue weighted by Crippen LogP contribution is -2.45. The molecule has 2 atom stereocenters. The Labute approximate surface area is 120 Å². The van der Waals surface area contributed by atoms with Crippen LogP contribution in [0.5, 0.6) is 0 Å². The molecular weight excluding hydrogens is 252 g/mol. The van der Waals surface area contributed by atoms with Gasteiger partial charge in [0, 0.05) is 18.6 Å². The largest absolute Gasteiger partial charge is 0.388 e. The van der Waals surface area contributed by atoms with Crippen molar-refractivity contribution < 1.29 is 9.90 Å². The molecule has 2 rings (SSSR count). The third-order valence-corrected chi connectivity index (χ3v) is 3.73. The fourth-order valence-corrected chi connectivity index (χ4v) is 2.75. The second-order valence-corrected chi connectivity index (χ2v) is 5.76. The second-order valence-electron chi connectivity index (χ2n) is 5.76. The van der Waals surface area contributed by atoms with Crippen LogP contribution in [-0.4, -0.2) is 34.7 Å². The molecule has 2 amide bonds. The Morgan fingerprint density at radius 2 is 2.10 bits per heavy atom. The zero-order chi connectivity index (χ0) is 14.5. The van der Waals surface area contributed by atoms with Crippen LogP contribution in [0.15, 0.2) is 30.3 Å². The van der Waals surface area contributed by atoms with Gasteiger partial charge in [0.05, 0.1) is 6.10 Å². The Balaban J connectivity index is 1.96. The Hall–Kier alpha value is -1.55. The molecule has 1 aromatic rings. The van der Waals surface area contributed by atoms with E-state index in [4.69, 9.17) is 0 Å². The van der Waals surface area contributed by atoms with Gasteiger partial charge in [-0.05, 0) is 38.7 Å². The third-order valence-electron chi connectivity index (χ3n) is 3.73. The van der Waals surface area contributed by atoms with Crippen molar-refractivity contribution in [3.05, 3.63) is 35.9 Å². The molecular formula is C16H24N2O2. The van der Waals surface area contributed by atoms with E-state index in [2.05, 4.69) is 5.32 Å². The minimum absolute atomic E-state index is 0.0113. The maximum absolute atomic E-state index is 12.1. The van der Waals surface area contributed by atoms with Crippen molar-refractivity contribution in [1.29, 1.82) is 0 Å². The van der Waals surface area contributed by atoms with Crippen molar-refractivity contribution in [1.82, 2.24) is 10.2 Å². The molecule has 0 radical (unpaired) electrons. The summed E-state index contributed by atoms with van der Waals surface area (Å²) in [6, 6.07) is 9.91. The molecule has 1 heterocycles. The molecule has 4 nitrogen and oxygen atoms in total. The summed E-state index contributed by atoms with van der Waals surface area (Å²) < 4.78 is 0. The van der Waals surface area contributed by atoms with Crippen molar-refractivity contribution in [3.63, 3.8) is 0 Å². The first kappa shape index (κ1) is 14.9. The summed E-state index contributed by atoms with van der Waals surface area (Å²) in [6.07, 6.45) is 2.08. The van der Waals surface area contributed by atoms with Crippen LogP contribution in [0, 0.1) is 0 Å². The van der Waals surface area contributed by atoms with E-state index in [1.807, 2.05) is 49.1 Å².